The van der Waals surface area contributed by atoms with Crippen LogP contribution in [-0.2, 0) is 6.54 Å². The Morgan fingerprint density at radius 2 is 2.00 bits per heavy atom. The molecule has 0 unspecified atom stereocenters. The monoisotopic (exact) mass is 310 g/mol. The maximum atomic E-state index is 13.2. The Balaban J connectivity index is 2.15. The van der Waals surface area contributed by atoms with E-state index in [0.29, 0.717) is 11.1 Å². The van der Waals surface area contributed by atoms with Gasteiger partial charge in [0.25, 0.3) is 0 Å². The smallest absolute Gasteiger partial charge is 0.387 e. The van der Waals surface area contributed by atoms with E-state index in [1.54, 1.807) is 24.3 Å². The Hall–Kier alpha value is -2.70. The summed E-state index contributed by atoms with van der Waals surface area (Å²) >= 11 is 0. The molecule has 0 saturated carbocycles. The summed E-state index contributed by atoms with van der Waals surface area (Å²) in [7, 11) is 0. The number of rotatable bonds is 6. The predicted molar refractivity (Wildman–Crippen MR) is 75.3 cm³/mol. The molecule has 0 atom stereocenters. The molecule has 0 aromatic heterocycles. The van der Waals surface area contributed by atoms with Crippen molar-refractivity contribution in [2.24, 2.45) is 5.73 Å². The summed E-state index contributed by atoms with van der Waals surface area (Å²) in [4.78, 5) is 11.1. The fourth-order valence-electron chi connectivity index (χ4n) is 1.87. The van der Waals surface area contributed by atoms with Gasteiger partial charge in [-0.2, -0.15) is 8.78 Å². The zero-order chi connectivity index (χ0) is 16.1. The summed E-state index contributed by atoms with van der Waals surface area (Å²) in [5, 5.41) is 2.79. The van der Waals surface area contributed by atoms with Crippen LogP contribution in [0.25, 0.3) is 0 Å². The average Bonchev–Trinajstić information content (AvgIpc) is 2.47. The second kappa shape index (κ2) is 6.84. The molecule has 0 aliphatic carbocycles. The van der Waals surface area contributed by atoms with Crippen molar-refractivity contribution in [3.63, 3.8) is 0 Å². The molecule has 22 heavy (non-hydrogen) atoms. The number of ether oxygens (including phenoxy) is 1. The zero-order valence-corrected chi connectivity index (χ0v) is 11.4. The van der Waals surface area contributed by atoms with Crippen LogP contribution in [0.5, 0.6) is 5.75 Å². The molecule has 3 N–H and O–H groups in total. The van der Waals surface area contributed by atoms with Crippen LogP contribution in [0.2, 0.25) is 0 Å². The summed E-state index contributed by atoms with van der Waals surface area (Å²) in [6.07, 6.45) is 0. The minimum Gasteiger partial charge on any atom is -0.433 e. The standard InChI is InChI=1S/C15H13F3N2O2/c16-11-4-5-13(22-15(17)18)12(7-11)20-8-9-2-1-3-10(6-9)14(19)21/h1-7,15,20H,8H2,(H2,19,21). The Bertz CT molecular complexity index is 678. The number of carbonyl (C=O) groups excluding carboxylic acids is 1. The molecule has 0 spiro atoms. The van der Waals surface area contributed by atoms with E-state index in [9.17, 15) is 18.0 Å². The van der Waals surface area contributed by atoms with Gasteiger partial charge in [0.1, 0.15) is 11.6 Å². The van der Waals surface area contributed by atoms with E-state index in [1.165, 1.54) is 0 Å². The first-order valence-corrected chi connectivity index (χ1v) is 6.32. The van der Waals surface area contributed by atoms with Gasteiger partial charge in [-0.3, -0.25) is 4.79 Å². The van der Waals surface area contributed by atoms with Gasteiger partial charge in [-0.15, -0.1) is 0 Å². The predicted octanol–water partition coefficient (Wildman–Crippen LogP) is 3.14. The second-order valence-corrected chi connectivity index (χ2v) is 4.44. The van der Waals surface area contributed by atoms with Crippen LogP contribution in [0.4, 0.5) is 18.9 Å². The molecule has 2 rings (SSSR count). The molecule has 2 aromatic carbocycles. The van der Waals surface area contributed by atoms with Crippen LogP contribution in [-0.4, -0.2) is 12.5 Å². The summed E-state index contributed by atoms with van der Waals surface area (Å²) < 4.78 is 42.2. The zero-order valence-electron chi connectivity index (χ0n) is 11.4. The van der Waals surface area contributed by atoms with Crippen molar-refractivity contribution in [3.05, 3.63) is 59.4 Å². The van der Waals surface area contributed by atoms with Gasteiger partial charge < -0.3 is 15.8 Å². The normalized spacial score (nSPS) is 10.5. The number of nitrogens with two attached hydrogens (primary N) is 1. The third-order valence-corrected chi connectivity index (χ3v) is 2.85. The number of hydrogen-bond acceptors (Lipinski definition) is 3. The molecule has 0 aliphatic rings. The number of carbonyl (C=O) groups is 1. The minimum absolute atomic E-state index is 0.0878. The Morgan fingerprint density at radius 1 is 1.23 bits per heavy atom. The summed E-state index contributed by atoms with van der Waals surface area (Å²) in [6, 6.07) is 9.66. The molecule has 0 bridgehead atoms. The third-order valence-electron chi connectivity index (χ3n) is 2.85. The number of amides is 1. The molecular weight excluding hydrogens is 297 g/mol. The first kappa shape index (κ1) is 15.7. The summed E-state index contributed by atoms with van der Waals surface area (Å²) in [6.45, 7) is -2.83. The maximum absolute atomic E-state index is 13.2. The highest BCUT2D eigenvalue weighted by molar-refractivity contribution is 5.92. The van der Waals surface area contributed by atoms with Gasteiger partial charge in [-0.25, -0.2) is 4.39 Å². The molecule has 1 amide bonds. The Labute approximate surface area is 124 Å². The lowest BCUT2D eigenvalue weighted by atomic mass is 10.1. The molecule has 0 saturated heterocycles. The summed E-state index contributed by atoms with van der Waals surface area (Å²) in [5.74, 6) is -1.33. The van der Waals surface area contributed by atoms with Crippen LogP contribution in [0, 0.1) is 5.82 Å². The van der Waals surface area contributed by atoms with Gasteiger partial charge in [0.15, 0.2) is 0 Å². The quantitative estimate of drug-likeness (QED) is 0.861. The van der Waals surface area contributed by atoms with Crippen LogP contribution in [0.1, 0.15) is 15.9 Å². The first-order valence-electron chi connectivity index (χ1n) is 6.32. The van der Waals surface area contributed by atoms with Gasteiger partial charge in [0.05, 0.1) is 5.69 Å². The molecule has 0 fully saturated rings. The van der Waals surface area contributed by atoms with Crippen LogP contribution >= 0.6 is 0 Å². The number of primary amides is 1. The van der Waals surface area contributed by atoms with E-state index in [-0.39, 0.29) is 18.0 Å². The highest BCUT2D eigenvalue weighted by Gasteiger charge is 2.11. The summed E-state index contributed by atoms with van der Waals surface area (Å²) in [5.41, 5.74) is 6.27. The lowest BCUT2D eigenvalue weighted by Crippen LogP contribution is -2.12. The van der Waals surface area contributed by atoms with Crippen LogP contribution in [0.15, 0.2) is 42.5 Å². The van der Waals surface area contributed by atoms with E-state index in [2.05, 4.69) is 10.1 Å². The lowest BCUT2D eigenvalue weighted by Gasteiger charge is -2.13. The molecule has 0 aliphatic heterocycles. The number of alkyl halides is 2. The SMILES string of the molecule is NC(=O)c1cccc(CNc2cc(F)ccc2OC(F)F)c1. The Kier molecular flexibility index (Phi) is 4.88. The number of hydrogen-bond donors (Lipinski definition) is 2. The van der Waals surface area contributed by atoms with Crippen molar-refractivity contribution in [3.8, 4) is 5.75 Å². The maximum Gasteiger partial charge on any atom is 0.387 e. The van der Waals surface area contributed by atoms with Crippen LogP contribution in [0.3, 0.4) is 0 Å². The van der Waals surface area contributed by atoms with E-state index in [0.717, 1.165) is 18.2 Å². The van der Waals surface area contributed by atoms with Crippen molar-refractivity contribution in [1.29, 1.82) is 0 Å². The molecule has 116 valence electrons. The average molecular weight is 310 g/mol. The van der Waals surface area contributed by atoms with Crippen molar-refractivity contribution < 1.29 is 22.7 Å². The highest BCUT2D eigenvalue weighted by atomic mass is 19.3. The molecule has 7 heteroatoms. The molecule has 0 radical (unpaired) electrons. The molecule has 2 aromatic rings. The van der Waals surface area contributed by atoms with Crippen molar-refractivity contribution in [2.45, 2.75) is 13.2 Å². The van der Waals surface area contributed by atoms with Crippen molar-refractivity contribution in [2.75, 3.05) is 5.32 Å². The molecule has 0 heterocycles. The van der Waals surface area contributed by atoms with Gasteiger partial charge in [0, 0.05) is 18.2 Å². The number of nitrogens with one attached hydrogen (secondary N) is 1. The first-order chi connectivity index (χ1) is 10.5. The number of anilines is 1. The van der Waals surface area contributed by atoms with Crippen LogP contribution < -0.4 is 15.8 Å². The highest BCUT2D eigenvalue weighted by Crippen LogP contribution is 2.27. The van der Waals surface area contributed by atoms with Crippen molar-refractivity contribution >= 4 is 11.6 Å². The molecule has 4 nitrogen and oxygen atoms in total. The number of halogens is 3. The van der Waals surface area contributed by atoms with Gasteiger partial charge in [-0.05, 0) is 29.8 Å². The third kappa shape index (κ3) is 4.15. The van der Waals surface area contributed by atoms with E-state index < -0.39 is 18.3 Å². The minimum atomic E-state index is -3.01. The van der Waals surface area contributed by atoms with Crippen molar-refractivity contribution in [1.82, 2.24) is 0 Å². The largest absolute Gasteiger partial charge is 0.433 e. The van der Waals surface area contributed by atoms with Gasteiger partial charge in [-0.1, -0.05) is 12.1 Å². The second-order valence-electron chi connectivity index (χ2n) is 4.44. The van der Waals surface area contributed by atoms with E-state index in [1.807, 2.05) is 0 Å². The fourth-order valence-corrected chi connectivity index (χ4v) is 1.87. The van der Waals surface area contributed by atoms with E-state index in [4.69, 9.17) is 5.73 Å². The molecular formula is C15H13F3N2O2. The topological polar surface area (TPSA) is 64.4 Å². The lowest BCUT2D eigenvalue weighted by molar-refractivity contribution is -0.0494. The fraction of sp³-hybridized carbons (Fsp3) is 0.133. The number of benzene rings is 2. The van der Waals surface area contributed by atoms with E-state index >= 15 is 0 Å². The van der Waals surface area contributed by atoms with Gasteiger partial charge in [0.2, 0.25) is 5.91 Å². The van der Waals surface area contributed by atoms with Gasteiger partial charge >= 0.3 is 6.61 Å². The Morgan fingerprint density at radius 3 is 2.68 bits per heavy atom.